The number of unbranched alkanes of at least 4 members (excludes halogenated alkanes) is 20. The number of nitrogens with zero attached hydrogens (tertiary/aromatic N) is 1. The summed E-state index contributed by atoms with van der Waals surface area (Å²) < 4.78 is 22.6. The number of ether oxygens (including phenoxy) is 4. The van der Waals surface area contributed by atoms with Crippen molar-refractivity contribution in [2.45, 2.75) is 212 Å². The van der Waals surface area contributed by atoms with Gasteiger partial charge >= 0.3 is 11.9 Å². The molecule has 0 bridgehead atoms. The van der Waals surface area contributed by atoms with Gasteiger partial charge in [0.1, 0.15) is 13.2 Å². The third kappa shape index (κ3) is 45.0. The Bertz CT molecular complexity index is 1200. The van der Waals surface area contributed by atoms with Crippen LogP contribution in [0, 0.1) is 0 Å². The van der Waals surface area contributed by atoms with E-state index in [9.17, 15) is 19.5 Å². The van der Waals surface area contributed by atoms with E-state index in [4.69, 9.17) is 18.9 Å². The Kier molecular flexibility index (Phi) is 42.4. The van der Waals surface area contributed by atoms with Gasteiger partial charge in [-0.05, 0) is 77.0 Å². The molecule has 0 radical (unpaired) electrons. The maximum Gasteiger partial charge on any atom is 0.306 e. The van der Waals surface area contributed by atoms with Crippen molar-refractivity contribution in [2.24, 2.45) is 0 Å². The van der Waals surface area contributed by atoms with Gasteiger partial charge in [0.15, 0.2) is 12.4 Å². The van der Waals surface area contributed by atoms with Crippen molar-refractivity contribution in [3.05, 3.63) is 60.8 Å². The molecule has 0 aromatic rings. The Hall–Kier alpha value is -3.01. The zero-order valence-electron chi connectivity index (χ0n) is 40.5. The van der Waals surface area contributed by atoms with E-state index in [0.29, 0.717) is 17.4 Å². The van der Waals surface area contributed by atoms with E-state index in [1.54, 1.807) is 0 Å². The molecule has 0 aliphatic heterocycles. The second-order valence-electron chi connectivity index (χ2n) is 17.7. The summed E-state index contributed by atoms with van der Waals surface area (Å²) in [5.41, 5.74) is 0. The Balaban J connectivity index is 4.41. The lowest BCUT2D eigenvalue weighted by atomic mass is 10.1. The summed E-state index contributed by atoms with van der Waals surface area (Å²) in [6, 6.07) is 0. The van der Waals surface area contributed by atoms with Crippen LogP contribution in [0.25, 0.3) is 0 Å². The van der Waals surface area contributed by atoms with Crippen LogP contribution in [-0.4, -0.2) is 82.3 Å². The van der Waals surface area contributed by atoms with Crippen LogP contribution in [-0.2, 0) is 33.3 Å². The van der Waals surface area contributed by atoms with Crippen LogP contribution in [0.15, 0.2) is 60.8 Å². The molecular weight excluding hydrogens is 779 g/mol. The van der Waals surface area contributed by atoms with Crippen molar-refractivity contribution >= 4 is 17.9 Å². The highest BCUT2D eigenvalue weighted by Gasteiger charge is 2.21. The molecule has 0 saturated carbocycles. The molecule has 9 nitrogen and oxygen atoms in total. The van der Waals surface area contributed by atoms with Crippen LogP contribution >= 0.6 is 0 Å². The van der Waals surface area contributed by atoms with Crippen LogP contribution in [0.5, 0.6) is 0 Å². The van der Waals surface area contributed by atoms with Crippen LogP contribution < -0.4 is 5.11 Å². The summed E-state index contributed by atoms with van der Waals surface area (Å²) in [4.78, 5) is 37.1. The van der Waals surface area contributed by atoms with E-state index in [2.05, 4.69) is 74.6 Å². The van der Waals surface area contributed by atoms with E-state index in [1.807, 2.05) is 21.1 Å². The van der Waals surface area contributed by atoms with Crippen molar-refractivity contribution in [2.75, 3.05) is 47.5 Å². The van der Waals surface area contributed by atoms with Gasteiger partial charge in [-0.1, -0.05) is 171 Å². The summed E-state index contributed by atoms with van der Waals surface area (Å²) >= 11 is 0. The molecule has 9 heteroatoms. The van der Waals surface area contributed by atoms with E-state index >= 15 is 0 Å². The fourth-order valence-electron chi connectivity index (χ4n) is 6.64. The second-order valence-corrected chi connectivity index (χ2v) is 17.7. The van der Waals surface area contributed by atoms with Gasteiger partial charge in [0, 0.05) is 12.8 Å². The molecule has 0 rings (SSSR count). The molecular formula is C53H93NO8. The molecule has 0 N–H and O–H groups in total. The first-order valence-corrected chi connectivity index (χ1v) is 24.9. The standard InChI is InChI=1S/C53H93NO8/c1-6-8-10-12-14-16-18-20-22-24-26-28-30-32-34-36-38-40-42-44-51(56)62-49(48-61-53(52(57)58)59-46-45-54(3,4)5)47-60-50(55)43-41-39-37-35-33-31-29-27-25-23-21-19-17-15-13-11-9-7-2/h8,10,14,16,20,22-23,25-26,28,49,53H,6-7,9,11-13,15,17-19,21,24,27,29-48H2,1-5H3/b10-8-,16-14-,22-20-,25-23-,28-26-. The third-order valence-electron chi connectivity index (χ3n) is 10.5. The summed E-state index contributed by atoms with van der Waals surface area (Å²) in [5, 5.41) is 11.7. The summed E-state index contributed by atoms with van der Waals surface area (Å²) in [6.45, 7) is 4.61. The largest absolute Gasteiger partial charge is 0.545 e. The number of aliphatic carboxylic acids is 1. The molecule has 0 fully saturated rings. The summed E-state index contributed by atoms with van der Waals surface area (Å²) in [5.74, 6) is -2.31. The highest BCUT2D eigenvalue weighted by Crippen LogP contribution is 2.14. The minimum absolute atomic E-state index is 0.142. The van der Waals surface area contributed by atoms with Gasteiger partial charge in [-0.2, -0.15) is 0 Å². The van der Waals surface area contributed by atoms with Gasteiger partial charge < -0.3 is 33.3 Å². The minimum atomic E-state index is -1.63. The second kappa shape index (κ2) is 44.6. The highest BCUT2D eigenvalue weighted by atomic mass is 16.7. The number of carboxylic acids is 1. The Labute approximate surface area is 380 Å². The first-order valence-electron chi connectivity index (χ1n) is 24.9. The SMILES string of the molecule is CC/C=C\C/C=C\C/C=C\C/C=C\CCCCCCCCC(=O)OC(COC(=O)CCCCCCCCC/C=C\CCCCCCCCC)COC(OCC[N+](C)(C)C)C(=O)[O-]. The number of carboxylic acid groups (broad SMARTS) is 1. The summed E-state index contributed by atoms with van der Waals surface area (Å²) in [6.07, 6.45) is 51.0. The van der Waals surface area contributed by atoms with Crippen molar-refractivity contribution < 1.29 is 42.9 Å². The first kappa shape index (κ1) is 59.0. The number of allylic oxidation sites excluding steroid dienone is 10. The van der Waals surface area contributed by atoms with Crippen LogP contribution in [0.1, 0.15) is 200 Å². The number of carbonyl (C=O) groups excluding carboxylic acids is 3. The average molecular weight is 872 g/mol. The van der Waals surface area contributed by atoms with Crippen LogP contribution in [0.3, 0.4) is 0 Å². The third-order valence-corrected chi connectivity index (χ3v) is 10.5. The van der Waals surface area contributed by atoms with Gasteiger partial charge in [-0.3, -0.25) is 9.59 Å². The molecule has 0 saturated heterocycles. The normalized spacial score (nSPS) is 13.4. The van der Waals surface area contributed by atoms with Gasteiger partial charge in [0.05, 0.1) is 40.3 Å². The van der Waals surface area contributed by atoms with Crippen LogP contribution in [0.4, 0.5) is 0 Å². The number of quaternary nitrogens is 1. The first-order chi connectivity index (χ1) is 30.1. The number of carbonyl (C=O) groups is 3. The maximum absolute atomic E-state index is 12.8. The average Bonchev–Trinajstić information content (AvgIpc) is 3.23. The number of hydrogen-bond donors (Lipinski definition) is 0. The lowest BCUT2D eigenvalue weighted by molar-refractivity contribution is -0.870. The molecule has 0 aromatic heterocycles. The van der Waals surface area contributed by atoms with Crippen molar-refractivity contribution in [1.82, 2.24) is 0 Å². The van der Waals surface area contributed by atoms with Gasteiger partial charge in [-0.15, -0.1) is 0 Å². The lowest BCUT2D eigenvalue weighted by Gasteiger charge is -2.26. The zero-order chi connectivity index (χ0) is 45.6. The predicted octanol–water partition coefficient (Wildman–Crippen LogP) is 12.4. The molecule has 2 unspecified atom stereocenters. The lowest BCUT2D eigenvalue weighted by Crippen LogP contribution is -2.44. The quantitative estimate of drug-likeness (QED) is 0.0196. The molecule has 0 aromatic carbocycles. The van der Waals surface area contributed by atoms with E-state index < -0.39 is 24.3 Å². The molecule has 62 heavy (non-hydrogen) atoms. The van der Waals surface area contributed by atoms with Gasteiger partial charge in [0.25, 0.3) is 0 Å². The zero-order valence-corrected chi connectivity index (χ0v) is 40.5. The molecule has 0 aliphatic rings. The smallest absolute Gasteiger partial charge is 0.306 e. The Morgan fingerprint density at radius 1 is 0.500 bits per heavy atom. The summed E-state index contributed by atoms with van der Waals surface area (Å²) in [7, 11) is 5.90. The van der Waals surface area contributed by atoms with E-state index in [0.717, 1.165) is 96.3 Å². The van der Waals surface area contributed by atoms with E-state index in [-0.39, 0.29) is 38.6 Å². The number of hydrogen-bond acceptors (Lipinski definition) is 8. The van der Waals surface area contributed by atoms with Gasteiger partial charge in [-0.25, -0.2) is 0 Å². The molecule has 2 atom stereocenters. The fraction of sp³-hybridized carbons (Fsp3) is 0.755. The number of esters is 2. The number of likely N-dealkylation sites (N-methyl/N-ethyl adjacent to an activating group) is 1. The maximum atomic E-state index is 12.8. The topological polar surface area (TPSA) is 111 Å². The number of rotatable bonds is 45. The molecule has 0 heterocycles. The molecule has 0 amide bonds. The molecule has 358 valence electrons. The van der Waals surface area contributed by atoms with Crippen molar-refractivity contribution in [3.8, 4) is 0 Å². The van der Waals surface area contributed by atoms with Crippen molar-refractivity contribution in [3.63, 3.8) is 0 Å². The fourth-order valence-corrected chi connectivity index (χ4v) is 6.64. The minimum Gasteiger partial charge on any atom is -0.545 e. The van der Waals surface area contributed by atoms with Gasteiger partial charge in [0.2, 0.25) is 0 Å². The molecule has 0 aliphatic carbocycles. The van der Waals surface area contributed by atoms with E-state index in [1.165, 1.54) is 70.6 Å². The van der Waals surface area contributed by atoms with Crippen LogP contribution in [0.2, 0.25) is 0 Å². The Morgan fingerprint density at radius 3 is 1.39 bits per heavy atom. The molecule has 0 spiro atoms. The van der Waals surface area contributed by atoms with Crippen molar-refractivity contribution in [1.29, 1.82) is 0 Å². The Morgan fingerprint density at radius 2 is 0.919 bits per heavy atom. The monoisotopic (exact) mass is 872 g/mol. The predicted molar refractivity (Wildman–Crippen MR) is 255 cm³/mol. The highest BCUT2D eigenvalue weighted by molar-refractivity contribution is 5.70.